The Labute approximate surface area is 351 Å². The molecule has 0 amide bonds. The van der Waals surface area contributed by atoms with Crippen LogP contribution in [0.4, 0.5) is 0 Å². The number of aliphatic hydroxyl groups is 1. The van der Waals surface area contributed by atoms with E-state index in [9.17, 15) is 14.7 Å². The smallest absolute Gasteiger partial charge is 0.308 e. The Balaban J connectivity index is 2.42. The minimum absolute atomic E-state index is 0.0106. The lowest BCUT2D eigenvalue weighted by molar-refractivity contribution is -0.150. The molecule has 0 saturated heterocycles. The van der Waals surface area contributed by atoms with Gasteiger partial charge in [-0.25, -0.2) is 4.98 Å². The maximum Gasteiger partial charge on any atom is 0.308 e. The zero-order valence-electron chi connectivity index (χ0n) is 37.9. The maximum atomic E-state index is 13.0. The standard InChI is InChI=1S/C48H92N4O5/c1-5-9-13-17-19-25-33-44(31-23-15-11-7-3)47(54)56-39-29-22-21-28-36-51(37-38-52-43-49-42-50-52)41-46(53)35-27-30-40-57-48(55)45(32-24-16-12-8-4)34-26-20-18-14-10-6-2/h42-46,53H,5-41H2,1-4H3. The molecule has 0 aromatic carbocycles. The van der Waals surface area contributed by atoms with Crippen molar-refractivity contribution in [2.75, 3.05) is 32.8 Å². The number of unbranched alkanes of at least 4 members (excludes halogenated alkanes) is 20. The molecule has 0 spiro atoms. The van der Waals surface area contributed by atoms with Gasteiger partial charge in [0.25, 0.3) is 0 Å². The number of rotatable bonds is 43. The topological polar surface area (TPSA) is 107 Å². The first kappa shape index (κ1) is 53.0. The average molecular weight is 805 g/mol. The van der Waals surface area contributed by atoms with Crippen LogP contribution in [-0.4, -0.2) is 75.7 Å². The van der Waals surface area contributed by atoms with E-state index < -0.39 is 6.10 Å². The van der Waals surface area contributed by atoms with Gasteiger partial charge in [-0.3, -0.25) is 19.2 Å². The molecule has 1 rings (SSSR count). The third-order valence-electron chi connectivity index (χ3n) is 11.7. The molecule has 0 aliphatic heterocycles. The number of hydrogen-bond acceptors (Lipinski definition) is 8. The predicted octanol–water partition coefficient (Wildman–Crippen LogP) is 12.4. The summed E-state index contributed by atoms with van der Waals surface area (Å²) in [6.07, 6.45) is 37.6. The van der Waals surface area contributed by atoms with Crippen molar-refractivity contribution in [3.8, 4) is 0 Å². The van der Waals surface area contributed by atoms with Crippen molar-refractivity contribution in [3.63, 3.8) is 0 Å². The summed E-state index contributed by atoms with van der Waals surface area (Å²) in [7, 11) is 0. The van der Waals surface area contributed by atoms with E-state index in [-0.39, 0.29) is 23.8 Å². The van der Waals surface area contributed by atoms with E-state index in [1.54, 1.807) is 12.7 Å². The van der Waals surface area contributed by atoms with Crippen molar-refractivity contribution in [1.82, 2.24) is 19.7 Å². The summed E-state index contributed by atoms with van der Waals surface area (Å²) in [5.74, 6) is 0.107. The molecule has 0 aliphatic carbocycles. The molecule has 1 aromatic rings. The van der Waals surface area contributed by atoms with Crippen molar-refractivity contribution < 1.29 is 24.2 Å². The molecular formula is C48H92N4O5. The van der Waals surface area contributed by atoms with Gasteiger partial charge in [0, 0.05) is 13.1 Å². The first-order valence-electron chi connectivity index (χ1n) is 24.5. The Hall–Kier alpha value is -2.00. The number of nitrogens with zero attached hydrogens (tertiary/aromatic N) is 4. The van der Waals surface area contributed by atoms with Gasteiger partial charge in [-0.05, 0) is 64.3 Å². The Bertz CT molecular complexity index is 1010. The first-order chi connectivity index (χ1) is 27.9. The van der Waals surface area contributed by atoms with Crippen LogP contribution in [0.3, 0.4) is 0 Å². The molecule has 0 aliphatic rings. The third kappa shape index (κ3) is 31.6. The highest BCUT2D eigenvalue weighted by Gasteiger charge is 2.21. The van der Waals surface area contributed by atoms with E-state index in [1.165, 1.54) is 103 Å². The lowest BCUT2D eigenvalue weighted by Gasteiger charge is -2.25. The predicted molar refractivity (Wildman–Crippen MR) is 237 cm³/mol. The summed E-state index contributed by atoms with van der Waals surface area (Å²) in [6.45, 7) is 13.0. The van der Waals surface area contributed by atoms with Gasteiger partial charge >= 0.3 is 11.9 Å². The maximum absolute atomic E-state index is 13.0. The summed E-state index contributed by atoms with van der Waals surface area (Å²) >= 11 is 0. The third-order valence-corrected chi connectivity index (χ3v) is 11.7. The molecule has 0 bridgehead atoms. The number of aliphatic hydroxyl groups excluding tert-OH is 1. The fraction of sp³-hybridized carbons (Fsp3) is 0.917. The van der Waals surface area contributed by atoms with E-state index in [0.29, 0.717) is 26.2 Å². The largest absolute Gasteiger partial charge is 0.465 e. The number of esters is 2. The van der Waals surface area contributed by atoms with E-state index in [1.807, 2.05) is 4.68 Å². The monoisotopic (exact) mass is 805 g/mol. The first-order valence-corrected chi connectivity index (χ1v) is 24.5. The number of hydrogen-bond donors (Lipinski definition) is 1. The second-order valence-electron chi connectivity index (χ2n) is 17.1. The van der Waals surface area contributed by atoms with Crippen LogP contribution in [0.15, 0.2) is 12.7 Å². The van der Waals surface area contributed by atoms with Crippen molar-refractivity contribution >= 4 is 11.9 Å². The molecule has 57 heavy (non-hydrogen) atoms. The quantitative estimate of drug-likeness (QED) is 0.0514. The highest BCUT2D eigenvalue weighted by molar-refractivity contribution is 5.72. The van der Waals surface area contributed by atoms with Crippen LogP contribution in [-0.2, 0) is 25.6 Å². The molecule has 3 atom stereocenters. The Morgan fingerprint density at radius 1 is 0.544 bits per heavy atom. The number of aromatic nitrogens is 3. The summed E-state index contributed by atoms with van der Waals surface area (Å²) < 4.78 is 13.5. The number of carbonyl (C=O) groups is 2. The molecule has 9 heteroatoms. The zero-order valence-corrected chi connectivity index (χ0v) is 37.9. The van der Waals surface area contributed by atoms with Gasteiger partial charge in [-0.2, -0.15) is 5.10 Å². The molecular weight excluding hydrogens is 713 g/mol. The molecule has 3 unspecified atom stereocenters. The fourth-order valence-corrected chi connectivity index (χ4v) is 7.87. The lowest BCUT2D eigenvalue weighted by atomic mass is 9.94. The molecule has 1 N–H and O–H groups in total. The van der Waals surface area contributed by atoms with E-state index in [2.05, 4.69) is 42.7 Å². The van der Waals surface area contributed by atoms with Crippen molar-refractivity contribution in [2.24, 2.45) is 11.8 Å². The van der Waals surface area contributed by atoms with Crippen LogP contribution in [0.1, 0.15) is 227 Å². The molecule has 0 fully saturated rings. The summed E-state index contributed by atoms with van der Waals surface area (Å²) in [6, 6.07) is 0. The van der Waals surface area contributed by atoms with Gasteiger partial charge in [-0.1, -0.05) is 169 Å². The van der Waals surface area contributed by atoms with Crippen LogP contribution in [0.5, 0.6) is 0 Å². The highest BCUT2D eigenvalue weighted by atomic mass is 16.5. The van der Waals surface area contributed by atoms with Crippen molar-refractivity contribution in [2.45, 2.75) is 239 Å². The minimum Gasteiger partial charge on any atom is -0.465 e. The average Bonchev–Trinajstić information content (AvgIpc) is 3.74. The highest BCUT2D eigenvalue weighted by Crippen LogP contribution is 2.22. The fourth-order valence-electron chi connectivity index (χ4n) is 7.87. The Morgan fingerprint density at radius 2 is 0.947 bits per heavy atom. The minimum atomic E-state index is -0.429. The SMILES string of the molecule is CCCCCCCCC(CCCCCC)C(=O)OCCCCCCN(CCn1cncn1)CC(O)CCCCOC(=O)C(CCCCCC)CCCCCCCC. The van der Waals surface area contributed by atoms with Crippen LogP contribution >= 0.6 is 0 Å². The van der Waals surface area contributed by atoms with Gasteiger partial charge in [0.2, 0.25) is 0 Å². The van der Waals surface area contributed by atoms with Crippen LogP contribution in [0, 0.1) is 11.8 Å². The Kier molecular flexibility index (Phi) is 36.7. The summed E-state index contributed by atoms with van der Waals surface area (Å²) in [5.41, 5.74) is 0. The molecule has 1 heterocycles. The zero-order chi connectivity index (χ0) is 41.4. The molecule has 0 radical (unpaired) electrons. The molecule has 9 nitrogen and oxygen atoms in total. The number of carbonyl (C=O) groups excluding carboxylic acids is 2. The van der Waals surface area contributed by atoms with Crippen molar-refractivity contribution in [3.05, 3.63) is 12.7 Å². The Morgan fingerprint density at radius 3 is 1.42 bits per heavy atom. The van der Waals surface area contributed by atoms with Crippen LogP contribution in [0.25, 0.3) is 0 Å². The second-order valence-corrected chi connectivity index (χ2v) is 17.1. The van der Waals surface area contributed by atoms with Crippen molar-refractivity contribution in [1.29, 1.82) is 0 Å². The van der Waals surface area contributed by atoms with E-state index >= 15 is 0 Å². The number of ether oxygens (including phenoxy) is 2. The molecule has 1 aromatic heterocycles. The van der Waals surface area contributed by atoms with Crippen LogP contribution in [0.2, 0.25) is 0 Å². The van der Waals surface area contributed by atoms with Gasteiger partial charge < -0.3 is 14.6 Å². The van der Waals surface area contributed by atoms with Crippen LogP contribution < -0.4 is 0 Å². The summed E-state index contributed by atoms with van der Waals surface area (Å²) in [5, 5.41) is 15.3. The van der Waals surface area contributed by atoms with Gasteiger partial charge in [0.1, 0.15) is 12.7 Å². The van der Waals surface area contributed by atoms with Gasteiger partial charge in [0.15, 0.2) is 0 Å². The van der Waals surface area contributed by atoms with E-state index in [0.717, 1.165) is 110 Å². The summed E-state index contributed by atoms with van der Waals surface area (Å²) in [4.78, 5) is 32.5. The lowest BCUT2D eigenvalue weighted by Crippen LogP contribution is -2.35. The van der Waals surface area contributed by atoms with E-state index in [4.69, 9.17) is 9.47 Å². The molecule has 0 saturated carbocycles. The second kappa shape index (κ2) is 39.5. The van der Waals surface area contributed by atoms with Gasteiger partial charge in [0.05, 0.1) is 37.7 Å². The van der Waals surface area contributed by atoms with Gasteiger partial charge in [-0.15, -0.1) is 0 Å². The normalized spacial score (nSPS) is 13.2. The molecule has 334 valence electrons.